The zero-order chi connectivity index (χ0) is 16.7. The third kappa shape index (κ3) is 5.76. The van der Waals surface area contributed by atoms with E-state index in [4.69, 9.17) is 15.2 Å². The molecule has 0 saturated heterocycles. The SMILES string of the molecule is Cc1cccc(C)c1OCC(=O)Nc1ccc(OCCN)cc1.Cl. The van der Waals surface area contributed by atoms with Gasteiger partial charge in [0.15, 0.2) is 6.61 Å². The molecule has 2 rings (SSSR count). The molecule has 0 aliphatic heterocycles. The molecule has 2 aromatic carbocycles. The van der Waals surface area contributed by atoms with Crippen LogP contribution in [0.3, 0.4) is 0 Å². The van der Waals surface area contributed by atoms with Gasteiger partial charge in [-0.25, -0.2) is 0 Å². The fourth-order valence-electron chi connectivity index (χ4n) is 2.17. The molecule has 2 aromatic rings. The van der Waals surface area contributed by atoms with Crippen LogP contribution < -0.4 is 20.5 Å². The number of rotatable bonds is 7. The highest BCUT2D eigenvalue weighted by Gasteiger charge is 2.07. The Balaban J connectivity index is 0.00000288. The van der Waals surface area contributed by atoms with Crippen molar-refractivity contribution in [3.8, 4) is 11.5 Å². The minimum absolute atomic E-state index is 0. The zero-order valence-corrected chi connectivity index (χ0v) is 14.7. The fourth-order valence-corrected chi connectivity index (χ4v) is 2.17. The standard InChI is InChI=1S/C18H22N2O3.ClH/c1-13-4-3-5-14(2)18(13)23-12-17(21)20-15-6-8-16(9-7-15)22-11-10-19;/h3-9H,10-12,19H2,1-2H3,(H,20,21);1H. The molecule has 0 bridgehead atoms. The maximum absolute atomic E-state index is 12.0. The van der Waals surface area contributed by atoms with Crippen LogP contribution in [0.5, 0.6) is 11.5 Å². The lowest BCUT2D eigenvalue weighted by atomic mass is 10.1. The minimum Gasteiger partial charge on any atom is -0.492 e. The van der Waals surface area contributed by atoms with E-state index < -0.39 is 0 Å². The molecule has 0 heterocycles. The summed E-state index contributed by atoms with van der Waals surface area (Å²) in [6.45, 7) is 4.82. The predicted octanol–water partition coefficient (Wildman–Crippen LogP) is 3.08. The summed E-state index contributed by atoms with van der Waals surface area (Å²) in [5.41, 5.74) is 8.10. The zero-order valence-electron chi connectivity index (χ0n) is 13.9. The number of benzene rings is 2. The van der Waals surface area contributed by atoms with E-state index in [9.17, 15) is 4.79 Å². The highest BCUT2D eigenvalue weighted by atomic mass is 35.5. The summed E-state index contributed by atoms with van der Waals surface area (Å²) in [5.74, 6) is 1.27. The molecule has 0 unspecified atom stereocenters. The quantitative estimate of drug-likeness (QED) is 0.804. The number of hydrogen-bond donors (Lipinski definition) is 2. The normalized spacial score (nSPS) is 9.79. The van der Waals surface area contributed by atoms with Gasteiger partial charge in [-0.3, -0.25) is 4.79 Å². The number of carbonyl (C=O) groups is 1. The van der Waals surface area contributed by atoms with E-state index in [-0.39, 0.29) is 24.9 Å². The van der Waals surface area contributed by atoms with Gasteiger partial charge in [-0.05, 0) is 49.2 Å². The van der Waals surface area contributed by atoms with Crippen LogP contribution in [-0.2, 0) is 4.79 Å². The molecule has 0 atom stereocenters. The molecular formula is C18H23ClN2O3. The number of hydrogen-bond acceptors (Lipinski definition) is 4. The lowest BCUT2D eigenvalue weighted by Gasteiger charge is -2.12. The first-order chi connectivity index (χ1) is 11.1. The van der Waals surface area contributed by atoms with Crippen LogP contribution in [0.2, 0.25) is 0 Å². The van der Waals surface area contributed by atoms with Crippen molar-refractivity contribution in [2.45, 2.75) is 13.8 Å². The van der Waals surface area contributed by atoms with E-state index in [1.54, 1.807) is 24.3 Å². The van der Waals surface area contributed by atoms with Crippen molar-refractivity contribution in [3.05, 3.63) is 53.6 Å². The van der Waals surface area contributed by atoms with Gasteiger partial charge in [0.05, 0.1) is 0 Å². The number of nitrogens with two attached hydrogens (primary N) is 1. The molecule has 0 saturated carbocycles. The lowest BCUT2D eigenvalue weighted by Crippen LogP contribution is -2.20. The molecule has 0 aromatic heterocycles. The smallest absolute Gasteiger partial charge is 0.262 e. The Morgan fingerprint density at radius 1 is 1.04 bits per heavy atom. The van der Waals surface area contributed by atoms with Crippen LogP contribution in [0.4, 0.5) is 5.69 Å². The molecule has 0 fully saturated rings. The molecule has 130 valence electrons. The molecular weight excluding hydrogens is 328 g/mol. The molecule has 0 aliphatic rings. The maximum Gasteiger partial charge on any atom is 0.262 e. The number of aryl methyl sites for hydroxylation is 2. The highest BCUT2D eigenvalue weighted by Crippen LogP contribution is 2.22. The highest BCUT2D eigenvalue weighted by molar-refractivity contribution is 5.91. The Labute approximate surface area is 148 Å². The predicted molar refractivity (Wildman–Crippen MR) is 98.3 cm³/mol. The molecule has 0 spiro atoms. The fraction of sp³-hybridized carbons (Fsp3) is 0.278. The van der Waals surface area contributed by atoms with Crippen molar-refractivity contribution in [3.63, 3.8) is 0 Å². The average molecular weight is 351 g/mol. The van der Waals surface area contributed by atoms with Crippen molar-refractivity contribution in [2.24, 2.45) is 5.73 Å². The number of halogens is 1. The molecule has 0 radical (unpaired) electrons. The summed E-state index contributed by atoms with van der Waals surface area (Å²) in [6, 6.07) is 13.0. The largest absolute Gasteiger partial charge is 0.492 e. The summed E-state index contributed by atoms with van der Waals surface area (Å²) >= 11 is 0. The number of para-hydroxylation sites is 1. The second-order valence-electron chi connectivity index (χ2n) is 5.22. The Hall–Kier alpha value is -2.24. The lowest BCUT2D eigenvalue weighted by molar-refractivity contribution is -0.118. The monoisotopic (exact) mass is 350 g/mol. The first kappa shape index (κ1) is 19.8. The van der Waals surface area contributed by atoms with Gasteiger partial charge in [0.25, 0.3) is 5.91 Å². The third-order valence-corrected chi connectivity index (χ3v) is 3.28. The van der Waals surface area contributed by atoms with Gasteiger partial charge in [-0.15, -0.1) is 12.4 Å². The van der Waals surface area contributed by atoms with Crippen molar-refractivity contribution in [1.82, 2.24) is 0 Å². The first-order valence-electron chi connectivity index (χ1n) is 7.52. The summed E-state index contributed by atoms with van der Waals surface area (Å²) in [7, 11) is 0. The van der Waals surface area contributed by atoms with Gasteiger partial charge in [0.1, 0.15) is 18.1 Å². The Morgan fingerprint density at radius 3 is 2.25 bits per heavy atom. The summed E-state index contributed by atoms with van der Waals surface area (Å²) in [5, 5.41) is 2.79. The third-order valence-electron chi connectivity index (χ3n) is 3.28. The van der Waals surface area contributed by atoms with E-state index in [0.717, 1.165) is 22.6 Å². The first-order valence-corrected chi connectivity index (χ1v) is 7.52. The van der Waals surface area contributed by atoms with Gasteiger partial charge in [0, 0.05) is 12.2 Å². The van der Waals surface area contributed by atoms with E-state index in [1.165, 1.54) is 0 Å². The Morgan fingerprint density at radius 2 is 1.67 bits per heavy atom. The Bertz CT molecular complexity index is 640. The van der Waals surface area contributed by atoms with Gasteiger partial charge < -0.3 is 20.5 Å². The van der Waals surface area contributed by atoms with E-state index in [0.29, 0.717) is 18.8 Å². The second-order valence-corrected chi connectivity index (χ2v) is 5.22. The van der Waals surface area contributed by atoms with Gasteiger partial charge in [-0.1, -0.05) is 18.2 Å². The van der Waals surface area contributed by atoms with E-state index in [1.807, 2.05) is 32.0 Å². The molecule has 3 N–H and O–H groups in total. The number of anilines is 1. The number of carbonyl (C=O) groups excluding carboxylic acids is 1. The van der Waals surface area contributed by atoms with Gasteiger partial charge >= 0.3 is 0 Å². The number of nitrogens with one attached hydrogen (secondary N) is 1. The molecule has 0 aliphatic carbocycles. The summed E-state index contributed by atoms with van der Waals surface area (Å²) in [4.78, 5) is 12.0. The van der Waals surface area contributed by atoms with Crippen molar-refractivity contribution >= 4 is 24.0 Å². The minimum atomic E-state index is -0.205. The Kier molecular flexibility index (Phi) is 8.09. The number of ether oxygens (including phenoxy) is 2. The van der Waals surface area contributed by atoms with E-state index >= 15 is 0 Å². The molecule has 24 heavy (non-hydrogen) atoms. The summed E-state index contributed by atoms with van der Waals surface area (Å²) in [6.07, 6.45) is 0. The molecule has 6 heteroatoms. The maximum atomic E-state index is 12.0. The van der Waals surface area contributed by atoms with Crippen LogP contribution in [0.25, 0.3) is 0 Å². The van der Waals surface area contributed by atoms with Gasteiger partial charge in [0.2, 0.25) is 0 Å². The van der Waals surface area contributed by atoms with Crippen molar-refractivity contribution in [1.29, 1.82) is 0 Å². The van der Waals surface area contributed by atoms with Crippen LogP contribution in [0, 0.1) is 13.8 Å². The van der Waals surface area contributed by atoms with Crippen molar-refractivity contribution in [2.75, 3.05) is 25.1 Å². The average Bonchev–Trinajstić information content (AvgIpc) is 2.54. The van der Waals surface area contributed by atoms with Crippen molar-refractivity contribution < 1.29 is 14.3 Å². The molecule has 5 nitrogen and oxygen atoms in total. The number of amides is 1. The van der Waals surface area contributed by atoms with Gasteiger partial charge in [-0.2, -0.15) is 0 Å². The van der Waals surface area contributed by atoms with Crippen LogP contribution >= 0.6 is 12.4 Å². The second kappa shape index (κ2) is 9.80. The van der Waals surface area contributed by atoms with E-state index in [2.05, 4.69) is 5.32 Å². The van der Waals surface area contributed by atoms with Crippen LogP contribution in [-0.4, -0.2) is 25.7 Å². The summed E-state index contributed by atoms with van der Waals surface area (Å²) < 4.78 is 11.0. The van der Waals surface area contributed by atoms with Crippen LogP contribution in [0.1, 0.15) is 11.1 Å². The van der Waals surface area contributed by atoms with Crippen LogP contribution in [0.15, 0.2) is 42.5 Å². The topological polar surface area (TPSA) is 73.6 Å². The molecule has 1 amide bonds.